The van der Waals surface area contributed by atoms with Crippen LogP contribution in [-0.4, -0.2) is 124 Å². The Morgan fingerprint density at radius 1 is 0.209 bits per heavy atom. The van der Waals surface area contributed by atoms with Crippen LogP contribution in [0, 0.1) is 0 Å². The molecule has 0 rings (SSSR count). The molecule has 0 aromatic heterocycles. The molecular weight excluding hydrogens is 1070 g/mol. The normalized spacial score (nSPS) is 11.6. The van der Waals surface area contributed by atoms with Gasteiger partial charge in [-0.05, 0) is 71.8 Å². The number of nitrogens with zero attached hydrogens (tertiary/aromatic N) is 3. The first kappa shape index (κ1) is 83.8. The molecule has 0 bridgehead atoms. The van der Waals surface area contributed by atoms with Gasteiger partial charge in [-0.15, -0.1) is 0 Å². The Kier molecular flexibility index (Phi) is 68.4. The van der Waals surface area contributed by atoms with Crippen molar-refractivity contribution in [2.24, 2.45) is 0 Å². The zero-order valence-electron chi connectivity index (χ0n) is 58.3. The van der Waals surface area contributed by atoms with E-state index in [1.54, 1.807) is 0 Å². The average molecular weight is 1220 g/mol. The summed E-state index contributed by atoms with van der Waals surface area (Å²) in [6, 6.07) is 0. The molecule has 0 amide bonds. The van der Waals surface area contributed by atoms with E-state index in [9.17, 15) is 19.2 Å². The molecule has 0 N–H and O–H groups in total. The number of carbonyl (C=O) groups is 4. The highest BCUT2D eigenvalue weighted by atomic mass is 16.5. The van der Waals surface area contributed by atoms with Crippen LogP contribution in [0.15, 0.2) is 0 Å². The number of hydrogen-bond donors (Lipinski definition) is 0. The van der Waals surface area contributed by atoms with Crippen LogP contribution in [0.2, 0.25) is 0 Å². The zero-order valence-corrected chi connectivity index (χ0v) is 58.3. The Balaban J connectivity index is 5.07. The van der Waals surface area contributed by atoms with E-state index in [0.29, 0.717) is 78.3 Å². The molecule has 510 valence electrons. The first-order valence-electron chi connectivity index (χ1n) is 38.0. The van der Waals surface area contributed by atoms with Gasteiger partial charge in [0.15, 0.2) is 0 Å². The monoisotopic (exact) mass is 1220 g/mol. The van der Waals surface area contributed by atoms with Gasteiger partial charge >= 0.3 is 23.9 Å². The van der Waals surface area contributed by atoms with Crippen molar-refractivity contribution in [1.82, 2.24) is 14.7 Å². The van der Waals surface area contributed by atoms with Crippen LogP contribution in [0.5, 0.6) is 0 Å². The van der Waals surface area contributed by atoms with Gasteiger partial charge in [-0.2, -0.15) is 0 Å². The van der Waals surface area contributed by atoms with Crippen LogP contribution in [0.3, 0.4) is 0 Å². The van der Waals surface area contributed by atoms with Crippen molar-refractivity contribution >= 4 is 23.9 Å². The second-order valence-corrected chi connectivity index (χ2v) is 26.1. The molecule has 0 spiro atoms. The van der Waals surface area contributed by atoms with Gasteiger partial charge < -0.3 is 33.6 Å². The van der Waals surface area contributed by atoms with Gasteiger partial charge in [0.1, 0.15) is 0 Å². The minimum absolute atomic E-state index is 0.157. The third-order valence-corrected chi connectivity index (χ3v) is 17.6. The molecule has 0 atom stereocenters. The molecule has 11 heteroatoms. The van der Waals surface area contributed by atoms with E-state index in [4.69, 9.17) is 18.9 Å². The predicted molar refractivity (Wildman–Crippen MR) is 366 cm³/mol. The summed E-state index contributed by atoms with van der Waals surface area (Å²) in [5.41, 5.74) is 0. The van der Waals surface area contributed by atoms with Gasteiger partial charge in [-0.3, -0.25) is 19.2 Å². The van der Waals surface area contributed by atoms with Crippen LogP contribution >= 0.6 is 0 Å². The summed E-state index contributed by atoms with van der Waals surface area (Å²) in [7, 11) is 2.15. The van der Waals surface area contributed by atoms with E-state index in [1.165, 1.54) is 257 Å². The fourth-order valence-electron chi connectivity index (χ4n) is 11.7. The fraction of sp³-hybridized carbons (Fsp3) is 0.947. The third kappa shape index (κ3) is 66.2. The lowest BCUT2D eigenvalue weighted by molar-refractivity contribution is -0.146. The number of carbonyl (C=O) groups excluding carboxylic acids is 4. The summed E-state index contributed by atoms with van der Waals surface area (Å²) >= 11 is 0. The van der Waals surface area contributed by atoms with Crippen LogP contribution in [0.4, 0.5) is 0 Å². The fourth-order valence-corrected chi connectivity index (χ4v) is 11.7. The van der Waals surface area contributed by atoms with E-state index in [-0.39, 0.29) is 23.9 Å². The molecule has 0 radical (unpaired) electrons. The number of hydrogen-bond acceptors (Lipinski definition) is 11. The highest BCUT2D eigenvalue weighted by Gasteiger charge is 2.16. The first-order valence-corrected chi connectivity index (χ1v) is 38.0. The smallest absolute Gasteiger partial charge is 0.307 e. The molecule has 0 unspecified atom stereocenters. The Morgan fingerprint density at radius 2 is 0.372 bits per heavy atom. The number of ether oxygens (including phenoxy) is 4. The van der Waals surface area contributed by atoms with Gasteiger partial charge in [0.25, 0.3) is 0 Å². The van der Waals surface area contributed by atoms with E-state index in [0.717, 1.165) is 90.4 Å². The van der Waals surface area contributed by atoms with E-state index in [2.05, 4.69) is 49.4 Å². The molecule has 0 aliphatic rings. The summed E-state index contributed by atoms with van der Waals surface area (Å²) in [5, 5.41) is 0. The highest BCUT2D eigenvalue weighted by molar-refractivity contribution is 5.71. The lowest BCUT2D eigenvalue weighted by Gasteiger charge is -2.25. The maximum absolute atomic E-state index is 12.9. The van der Waals surface area contributed by atoms with Crippen LogP contribution in [-0.2, 0) is 38.1 Å². The lowest BCUT2D eigenvalue weighted by Crippen LogP contribution is -2.34. The largest absolute Gasteiger partial charge is 0.466 e. The standard InChI is InChI=1S/C75H147N3O8/c1-6-10-14-18-22-26-30-34-38-42-46-50-68-83-72(79)56-64-77(65-57-73(80)84-69-51-47-43-39-35-31-27-23-19-15-11-7-2)62-54-60-76(5)61-55-63-78(66-58-74(81)85-70-52-48-44-40-36-32-28-24-20-16-12-8-3)67-59-75(82)86-71-53-49-45-41-37-33-29-25-21-17-13-9-4/h6-71H2,1-5H3. The molecule has 0 saturated carbocycles. The van der Waals surface area contributed by atoms with Crippen molar-refractivity contribution in [3.05, 3.63) is 0 Å². The molecule has 0 saturated heterocycles. The molecular formula is C75H147N3O8. The Hall–Kier alpha value is -2.24. The Bertz CT molecular complexity index is 1220. The van der Waals surface area contributed by atoms with Crippen molar-refractivity contribution in [2.75, 3.05) is 85.8 Å². The molecule has 0 aliphatic carbocycles. The molecule has 0 aromatic carbocycles. The summed E-state index contributed by atoms with van der Waals surface area (Å²) in [4.78, 5) is 58.6. The summed E-state index contributed by atoms with van der Waals surface area (Å²) in [6.45, 7) is 16.6. The predicted octanol–water partition coefficient (Wildman–Crippen LogP) is 20.8. The summed E-state index contributed by atoms with van der Waals surface area (Å²) in [6.07, 6.45) is 64.3. The first-order chi connectivity index (χ1) is 42.2. The summed E-state index contributed by atoms with van der Waals surface area (Å²) in [5.74, 6) is -0.630. The number of unbranched alkanes of at least 4 members (excludes halogenated alkanes) is 44. The van der Waals surface area contributed by atoms with E-state index in [1.807, 2.05) is 0 Å². The van der Waals surface area contributed by atoms with Gasteiger partial charge in [-0.1, -0.05) is 310 Å². The topological polar surface area (TPSA) is 115 Å². The quantitative estimate of drug-likeness (QED) is 0.0329. The molecule has 0 fully saturated rings. The molecule has 0 heterocycles. The van der Waals surface area contributed by atoms with Gasteiger partial charge in [0, 0.05) is 26.2 Å². The maximum Gasteiger partial charge on any atom is 0.307 e. The minimum Gasteiger partial charge on any atom is -0.466 e. The van der Waals surface area contributed by atoms with Crippen LogP contribution in [0.1, 0.15) is 374 Å². The molecule has 11 nitrogen and oxygen atoms in total. The number of rotatable bonds is 72. The maximum atomic E-state index is 12.9. The SMILES string of the molecule is CCCCCCCCCCCCCCOC(=O)CCN(CCCN(C)CCCN(CCC(=O)OCCCCCCCCCCCCCC)CCC(=O)OCCCCCCCCCCCCCC)CCC(=O)OCCCCCCCCCCCCCC. The second kappa shape index (κ2) is 70.2. The van der Waals surface area contributed by atoms with Gasteiger partial charge in [-0.25, -0.2) is 0 Å². The summed E-state index contributed by atoms with van der Waals surface area (Å²) < 4.78 is 22.8. The second-order valence-electron chi connectivity index (χ2n) is 26.1. The van der Waals surface area contributed by atoms with Crippen molar-refractivity contribution < 1.29 is 38.1 Å². The Labute approximate surface area is 534 Å². The number of esters is 4. The van der Waals surface area contributed by atoms with Crippen molar-refractivity contribution in [3.8, 4) is 0 Å². The zero-order chi connectivity index (χ0) is 62.5. The molecule has 86 heavy (non-hydrogen) atoms. The van der Waals surface area contributed by atoms with Crippen molar-refractivity contribution in [3.63, 3.8) is 0 Å². The van der Waals surface area contributed by atoms with E-state index < -0.39 is 0 Å². The third-order valence-electron chi connectivity index (χ3n) is 17.6. The minimum atomic E-state index is -0.157. The Morgan fingerprint density at radius 3 is 0.547 bits per heavy atom. The van der Waals surface area contributed by atoms with Crippen molar-refractivity contribution in [2.45, 2.75) is 374 Å². The van der Waals surface area contributed by atoms with Gasteiger partial charge in [0.2, 0.25) is 0 Å². The van der Waals surface area contributed by atoms with Gasteiger partial charge in [0.05, 0.1) is 52.1 Å². The average Bonchev–Trinajstić information content (AvgIpc) is 3.54. The van der Waals surface area contributed by atoms with Crippen molar-refractivity contribution in [1.29, 1.82) is 0 Å². The molecule has 0 aliphatic heterocycles. The highest BCUT2D eigenvalue weighted by Crippen LogP contribution is 2.17. The lowest BCUT2D eigenvalue weighted by atomic mass is 10.1. The van der Waals surface area contributed by atoms with Crippen LogP contribution < -0.4 is 0 Å². The van der Waals surface area contributed by atoms with E-state index >= 15 is 0 Å². The molecule has 0 aromatic rings. The van der Waals surface area contributed by atoms with Crippen LogP contribution in [0.25, 0.3) is 0 Å².